The van der Waals surface area contributed by atoms with Gasteiger partial charge in [0.25, 0.3) is 0 Å². The minimum atomic E-state index is -0.604. The number of rotatable bonds is 18. The van der Waals surface area contributed by atoms with E-state index in [0.717, 1.165) is 164 Å². The summed E-state index contributed by atoms with van der Waals surface area (Å²) in [6.45, 7) is 21.1. The van der Waals surface area contributed by atoms with Gasteiger partial charge in [-0.3, -0.25) is 19.8 Å². The van der Waals surface area contributed by atoms with Crippen molar-refractivity contribution in [1.82, 2.24) is 19.8 Å². The summed E-state index contributed by atoms with van der Waals surface area (Å²) in [7, 11) is 3.54. The standard InChI is InChI=1S/C53H72N4O4/c1-9-32-30-56-26-24-34(32)28-44(56)52(58)50-36(11-3)40(13-5)54-42-20-22-46(60-7)38(48(42)50)18-16-15-17-19-39-47(61-8)23-21-43-49(39)51(37(12-4)41(14-6)55-43)53(59)45-29-35-25-27-57(45)31-33(35)10-2/h9-10,20-23,32-35,44-45,52-53,58-59H,1-2,11-19,24-31H2,3-8H3/t32-,33-,34-,35-,44+,45+,52+,53+/m0/s1. The van der Waals surface area contributed by atoms with E-state index in [1.807, 2.05) is 0 Å². The van der Waals surface area contributed by atoms with Gasteiger partial charge in [-0.15, -0.1) is 13.2 Å². The number of nitrogens with zero attached hydrogens (tertiary/aromatic N) is 4. The van der Waals surface area contributed by atoms with E-state index < -0.39 is 12.2 Å². The lowest BCUT2D eigenvalue weighted by atomic mass is 9.73. The number of benzene rings is 2. The number of methoxy groups -OCH3 is 2. The molecule has 8 heteroatoms. The number of hydrogen-bond acceptors (Lipinski definition) is 8. The second-order valence-corrected chi connectivity index (χ2v) is 18.5. The molecular formula is C53H72N4O4. The van der Waals surface area contributed by atoms with Gasteiger partial charge in [0.05, 0.1) is 37.5 Å². The number of aromatic nitrogens is 2. The number of hydrogen-bond donors (Lipinski definition) is 2. The lowest BCUT2D eigenvalue weighted by Gasteiger charge is -2.51. The summed E-state index contributed by atoms with van der Waals surface area (Å²) in [6.07, 6.45) is 15.3. The number of aliphatic hydroxyl groups excluding tert-OH is 2. The van der Waals surface area contributed by atoms with E-state index in [9.17, 15) is 10.2 Å². The van der Waals surface area contributed by atoms with Crippen LogP contribution in [0.15, 0.2) is 49.6 Å². The van der Waals surface area contributed by atoms with Crippen LogP contribution in [-0.2, 0) is 38.5 Å². The van der Waals surface area contributed by atoms with Gasteiger partial charge in [0.1, 0.15) is 11.5 Å². The molecular weight excluding hydrogens is 757 g/mol. The molecule has 6 saturated heterocycles. The van der Waals surface area contributed by atoms with Gasteiger partial charge < -0.3 is 19.7 Å². The Bertz CT molecular complexity index is 2080. The van der Waals surface area contributed by atoms with E-state index in [-0.39, 0.29) is 12.1 Å². The van der Waals surface area contributed by atoms with E-state index in [4.69, 9.17) is 19.4 Å². The molecule has 2 unspecified atom stereocenters. The Morgan fingerprint density at radius 1 is 0.639 bits per heavy atom. The van der Waals surface area contributed by atoms with Crippen molar-refractivity contribution in [3.63, 3.8) is 0 Å². The molecule has 0 saturated carbocycles. The SMILES string of the molecule is C=C[C@H]1CN2CC[C@H]1C[C@@H]2[C@@H](O)c1c(CC)c(CC)nc2ccc(OC)c(CCCCCc3c(OC)ccc4nc(CC)c(CC)c([C@H](O)[C@H]5C[C@@H]6CCN5C[C@@H]6C=C)c34)c12. The van der Waals surface area contributed by atoms with Crippen LogP contribution in [0.2, 0.25) is 0 Å². The highest BCUT2D eigenvalue weighted by atomic mass is 16.5. The minimum Gasteiger partial charge on any atom is -0.496 e. The van der Waals surface area contributed by atoms with Crippen LogP contribution < -0.4 is 9.47 Å². The van der Waals surface area contributed by atoms with Crippen molar-refractivity contribution in [3.05, 3.63) is 94.3 Å². The summed E-state index contributed by atoms with van der Waals surface area (Å²) in [5, 5.41) is 27.4. The molecule has 10 rings (SSSR count). The molecule has 4 bridgehead atoms. The molecule has 2 aromatic carbocycles. The van der Waals surface area contributed by atoms with Gasteiger partial charge in [-0.25, -0.2) is 0 Å². The highest BCUT2D eigenvalue weighted by Crippen LogP contribution is 2.47. The van der Waals surface area contributed by atoms with Crippen molar-refractivity contribution in [2.75, 3.05) is 40.4 Å². The first-order valence-corrected chi connectivity index (χ1v) is 23.8. The zero-order valence-corrected chi connectivity index (χ0v) is 38.0. The average Bonchev–Trinajstić information content (AvgIpc) is 3.31. The maximum Gasteiger partial charge on any atom is 0.122 e. The first kappa shape index (κ1) is 43.8. The maximum atomic E-state index is 12.6. The van der Waals surface area contributed by atoms with Crippen LogP contribution in [0, 0.1) is 23.7 Å². The Labute approximate surface area is 365 Å². The van der Waals surface area contributed by atoms with Gasteiger partial charge in [0.2, 0.25) is 0 Å². The molecule has 4 aromatic rings. The number of pyridine rings is 2. The second-order valence-electron chi connectivity index (χ2n) is 18.5. The maximum absolute atomic E-state index is 12.6. The molecule has 6 aliphatic rings. The number of fused-ring (bicyclic) bond motifs is 8. The molecule has 6 fully saturated rings. The number of piperidine rings is 6. The van der Waals surface area contributed by atoms with Crippen molar-refractivity contribution in [2.24, 2.45) is 23.7 Å². The fraction of sp³-hybridized carbons (Fsp3) is 0.585. The van der Waals surface area contributed by atoms with Gasteiger partial charge in [-0.05, 0) is 160 Å². The van der Waals surface area contributed by atoms with Crippen LogP contribution in [0.25, 0.3) is 21.8 Å². The number of aliphatic hydroxyl groups is 2. The van der Waals surface area contributed by atoms with Gasteiger partial charge in [-0.1, -0.05) is 46.3 Å². The van der Waals surface area contributed by atoms with Crippen LogP contribution in [0.4, 0.5) is 0 Å². The van der Waals surface area contributed by atoms with E-state index in [1.54, 1.807) is 14.2 Å². The monoisotopic (exact) mass is 829 g/mol. The summed E-state index contributed by atoms with van der Waals surface area (Å²) in [5.74, 6) is 3.89. The smallest absolute Gasteiger partial charge is 0.122 e. The first-order valence-electron chi connectivity index (χ1n) is 23.8. The first-order chi connectivity index (χ1) is 29.7. The summed E-state index contributed by atoms with van der Waals surface area (Å²) in [5.41, 5.74) is 11.0. The van der Waals surface area contributed by atoms with Crippen molar-refractivity contribution in [3.8, 4) is 11.5 Å². The van der Waals surface area contributed by atoms with E-state index in [1.165, 1.54) is 24.0 Å². The van der Waals surface area contributed by atoms with Crippen LogP contribution >= 0.6 is 0 Å². The summed E-state index contributed by atoms with van der Waals surface area (Å²) in [6, 6.07) is 8.52. The second kappa shape index (κ2) is 18.9. The summed E-state index contributed by atoms with van der Waals surface area (Å²) in [4.78, 5) is 15.6. The Hall–Kier alpha value is -3.82. The lowest BCUT2D eigenvalue weighted by molar-refractivity contribution is -0.0447. The fourth-order valence-corrected chi connectivity index (χ4v) is 12.5. The zero-order valence-electron chi connectivity index (χ0n) is 38.0. The van der Waals surface area contributed by atoms with Crippen LogP contribution in [0.5, 0.6) is 11.5 Å². The zero-order chi connectivity index (χ0) is 42.9. The van der Waals surface area contributed by atoms with E-state index >= 15 is 0 Å². The highest BCUT2D eigenvalue weighted by molar-refractivity contribution is 5.91. The van der Waals surface area contributed by atoms with Gasteiger partial charge >= 0.3 is 0 Å². The van der Waals surface area contributed by atoms with Crippen molar-refractivity contribution in [2.45, 2.75) is 135 Å². The fourth-order valence-electron chi connectivity index (χ4n) is 12.5. The average molecular weight is 829 g/mol. The molecule has 2 aromatic heterocycles. The molecule has 61 heavy (non-hydrogen) atoms. The van der Waals surface area contributed by atoms with Gasteiger partial charge in [0, 0.05) is 58.5 Å². The summed E-state index contributed by atoms with van der Waals surface area (Å²) >= 11 is 0. The molecule has 0 amide bonds. The third kappa shape index (κ3) is 7.93. The molecule has 328 valence electrons. The van der Waals surface area contributed by atoms with Crippen molar-refractivity contribution >= 4 is 21.8 Å². The van der Waals surface area contributed by atoms with Gasteiger partial charge in [0.15, 0.2) is 0 Å². The van der Waals surface area contributed by atoms with Crippen molar-refractivity contribution in [1.29, 1.82) is 0 Å². The summed E-state index contributed by atoms with van der Waals surface area (Å²) < 4.78 is 12.2. The molecule has 8 heterocycles. The molecule has 0 radical (unpaired) electrons. The van der Waals surface area contributed by atoms with E-state index in [0.29, 0.717) is 23.7 Å². The van der Waals surface area contributed by atoms with Crippen LogP contribution in [0.1, 0.15) is 130 Å². The predicted octanol–water partition coefficient (Wildman–Crippen LogP) is 9.86. The molecule has 0 aliphatic carbocycles. The Balaban J connectivity index is 1.10. The Morgan fingerprint density at radius 2 is 1.07 bits per heavy atom. The molecule has 2 N–H and O–H groups in total. The Morgan fingerprint density at radius 3 is 1.39 bits per heavy atom. The number of unbranched alkanes of at least 4 members (excludes halogenated alkanes) is 2. The van der Waals surface area contributed by atoms with Crippen LogP contribution in [-0.4, -0.2) is 82.5 Å². The molecule has 10 atom stereocenters. The molecule has 0 spiro atoms. The topological polar surface area (TPSA) is 91.2 Å². The highest BCUT2D eigenvalue weighted by Gasteiger charge is 2.45. The molecule has 8 nitrogen and oxygen atoms in total. The van der Waals surface area contributed by atoms with Crippen LogP contribution in [0.3, 0.4) is 0 Å². The largest absolute Gasteiger partial charge is 0.496 e. The molecule has 6 aliphatic heterocycles. The van der Waals surface area contributed by atoms with Crippen molar-refractivity contribution < 1.29 is 19.7 Å². The third-order valence-corrected chi connectivity index (χ3v) is 15.7. The lowest BCUT2D eigenvalue weighted by Crippen LogP contribution is -2.55. The third-order valence-electron chi connectivity index (χ3n) is 15.7. The quantitative estimate of drug-likeness (QED) is 0.0757. The Kier molecular flexibility index (Phi) is 13.6. The normalized spacial score (nSPS) is 26.8. The predicted molar refractivity (Wildman–Crippen MR) is 249 cm³/mol. The number of ether oxygens (including phenoxy) is 2. The van der Waals surface area contributed by atoms with Gasteiger partial charge in [-0.2, -0.15) is 0 Å². The van der Waals surface area contributed by atoms with E-state index in [2.05, 4.69) is 87.1 Å². The minimum absolute atomic E-state index is 0.0827. The number of aryl methyl sites for hydroxylation is 4.